The second-order valence-electron chi connectivity index (χ2n) is 6.77. The van der Waals surface area contributed by atoms with E-state index in [0.29, 0.717) is 17.4 Å². The van der Waals surface area contributed by atoms with Crippen LogP contribution in [0.5, 0.6) is 11.5 Å². The molecular weight excluding hydrogens is 328 g/mol. The fourth-order valence-electron chi connectivity index (χ4n) is 3.94. The molecule has 4 rings (SSSR count). The summed E-state index contributed by atoms with van der Waals surface area (Å²) in [4.78, 5) is 2.52. The number of fused-ring (bicyclic) bond motifs is 1. The van der Waals surface area contributed by atoms with Crippen molar-refractivity contribution in [2.75, 3.05) is 6.54 Å². The zero-order valence-corrected chi connectivity index (χ0v) is 14.2. The molecule has 0 saturated heterocycles. The van der Waals surface area contributed by atoms with Crippen LogP contribution < -0.4 is 0 Å². The van der Waals surface area contributed by atoms with Gasteiger partial charge >= 0.3 is 0 Å². The zero-order chi connectivity index (χ0) is 16.7. The number of benzene rings is 1. The summed E-state index contributed by atoms with van der Waals surface area (Å²) in [5, 5.41) is 24.2. The maximum Gasteiger partial charge on any atom is 0.175 e. The van der Waals surface area contributed by atoms with Gasteiger partial charge in [-0.15, -0.1) is 0 Å². The van der Waals surface area contributed by atoms with Crippen LogP contribution in [0.1, 0.15) is 43.4 Å². The van der Waals surface area contributed by atoms with Gasteiger partial charge in [-0.3, -0.25) is 4.90 Å². The van der Waals surface area contributed by atoms with Gasteiger partial charge in [0.2, 0.25) is 0 Å². The van der Waals surface area contributed by atoms with Crippen molar-refractivity contribution in [1.29, 1.82) is 0 Å². The fourth-order valence-corrected chi connectivity index (χ4v) is 4.10. The van der Waals surface area contributed by atoms with E-state index in [9.17, 15) is 10.2 Å². The number of rotatable bonds is 2. The molecule has 0 unspecified atom stereocenters. The van der Waals surface area contributed by atoms with E-state index in [4.69, 9.17) is 16.1 Å². The van der Waals surface area contributed by atoms with Gasteiger partial charge in [-0.25, -0.2) is 0 Å². The molecule has 1 saturated carbocycles. The Balaban J connectivity index is 1.66. The second kappa shape index (κ2) is 6.30. The number of nitrogens with zero attached hydrogens (tertiary/aromatic N) is 2. The van der Waals surface area contributed by atoms with E-state index in [1.807, 2.05) is 0 Å². The smallest absolute Gasteiger partial charge is 0.175 e. The summed E-state index contributed by atoms with van der Waals surface area (Å²) in [6.45, 7) is 1.79. The van der Waals surface area contributed by atoms with E-state index >= 15 is 0 Å². The molecule has 0 spiro atoms. The first-order valence-corrected chi connectivity index (χ1v) is 8.94. The topological polar surface area (TPSA) is 69.7 Å². The third-order valence-corrected chi connectivity index (χ3v) is 5.57. The van der Waals surface area contributed by atoms with Crippen molar-refractivity contribution < 1.29 is 14.7 Å². The summed E-state index contributed by atoms with van der Waals surface area (Å²) in [6.07, 6.45) is 7.33. The number of hydrogen-bond acceptors (Lipinski definition) is 5. The Kier molecular flexibility index (Phi) is 4.14. The summed E-state index contributed by atoms with van der Waals surface area (Å²) in [5.74, 6) is 0.366. The van der Waals surface area contributed by atoms with Gasteiger partial charge in [-0.1, -0.05) is 36.0 Å². The van der Waals surface area contributed by atoms with Gasteiger partial charge in [0.25, 0.3) is 0 Å². The van der Waals surface area contributed by atoms with Gasteiger partial charge in [0.1, 0.15) is 11.5 Å². The number of aromatic nitrogens is 1. The SMILES string of the molecule is Oc1cc(O)c(-c2onc3c2CN(C2CCCCC2)CC3)cc1Cl. The van der Waals surface area contributed by atoms with Crippen LogP contribution in [0.15, 0.2) is 16.7 Å². The molecule has 1 aliphatic carbocycles. The van der Waals surface area contributed by atoms with Crippen LogP contribution in [0.3, 0.4) is 0 Å². The Morgan fingerprint density at radius 3 is 2.71 bits per heavy atom. The lowest BCUT2D eigenvalue weighted by atomic mass is 9.91. The lowest BCUT2D eigenvalue weighted by Crippen LogP contribution is -2.40. The Labute approximate surface area is 145 Å². The monoisotopic (exact) mass is 348 g/mol. The van der Waals surface area contributed by atoms with Crippen LogP contribution in [0.25, 0.3) is 11.3 Å². The Bertz CT molecular complexity index is 753. The highest BCUT2D eigenvalue weighted by molar-refractivity contribution is 6.32. The minimum absolute atomic E-state index is 0.0503. The summed E-state index contributed by atoms with van der Waals surface area (Å²) in [7, 11) is 0. The summed E-state index contributed by atoms with van der Waals surface area (Å²) < 4.78 is 5.54. The number of phenols is 2. The molecule has 128 valence electrons. The molecule has 1 aromatic heterocycles. The Morgan fingerprint density at radius 1 is 1.12 bits per heavy atom. The summed E-state index contributed by atoms with van der Waals surface area (Å²) >= 11 is 6.00. The molecule has 6 heteroatoms. The normalized spacial score (nSPS) is 19.4. The summed E-state index contributed by atoms with van der Waals surface area (Å²) in [6, 6.07) is 3.41. The van der Waals surface area contributed by atoms with Crippen molar-refractivity contribution in [2.24, 2.45) is 0 Å². The van der Waals surface area contributed by atoms with E-state index in [1.54, 1.807) is 0 Å². The van der Waals surface area contributed by atoms with Gasteiger partial charge in [-0.05, 0) is 18.9 Å². The maximum atomic E-state index is 10.2. The van der Waals surface area contributed by atoms with Gasteiger partial charge < -0.3 is 14.7 Å². The molecule has 0 bridgehead atoms. The first-order valence-electron chi connectivity index (χ1n) is 8.57. The molecule has 2 aromatic rings. The van der Waals surface area contributed by atoms with Crippen LogP contribution in [0, 0.1) is 0 Å². The van der Waals surface area contributed by atoms with Gasteiger partial charge in [-0.2, -0.15) is 0 Å². The molecule has 2 heterocycles. The van der Waals surface area contributed by atoms with E-state index in [2.05, 4.69) is 10.1 Å². The van der Waals surface area contributed by atoms with Crippen LogP contribution in [-0.2, 0) is 13.0 Å². The fraction of sp³-hybridized carbons (Fsp3) is 0.500. The van der Waals surface area contributed by atoms with Crippen molar-refractivity contribution in [3.05, 3.63) is 28.4 Å². The molecule has 1 fully saturated rings. The lowest BCUT2D eigenvalue weighted by Gasteiger charge is -2.36. The molecule has 24 heavy (non-hydrogen) atoms. The molecule has 0 amide bonds. The third-order valence-electron chi connectivity index (χ3n) is 5.27. The highest BCUT2D eigenvalue weighted by Crippen LogP contribution is 2.41. The number of aromatic hydroxyl groups is 2. The van der Waals surface area contributed by atoms with Crippen LogP contribution in [0.2, 0.25) is 5.02 Å². The molecule has 2 aliphatic rings. The molecule has 1 aliphatic heterocycles. The average Bonchev–Trinajstić information content (AvgIpc) is 3.02. The number of phenolic OH excluding ortho intramolecular Hbond substituents is 2. The van der Waals surface area contributed by atoms with E-state index in [1.165, 1.54) is 44.2 Å². The molecule has 2 N–H and O–H groups in total. The van der Waals surface area contributed by atoms with Crippen molar-refractivity contribution in [3.63, 3.8) is 0 Å². The quantitative estimate of drug-likeness (QED) is 0.855. The molecular formula is C18H21ClN2O3. The highest BCUT2D eigenvalue weighted by atomic mass is 35.5. The van der Waals surface area contributed by atoms with Gasteiger partial charge in [0, 0.05) is 37.2 Å². The van der Waals surface area contributed by atoms with Crippen molar-refractivity contribution in [2.45, 2.75) is 51.1 Å². The third kappa shape index (κ3) is 2.76. The minimum Gasteiger partial charge on any atom is -0.507 e. The van der Waals surface area contributed by atoms with Crippen molar-refractivity contribution >= 4 is 11.6 Å². The molecule has 0 atom stereocenters. The molecule has 1 aromatic carbocycles. The summed E-state index contributed by atoms with van der Waals surface area (Å²) in [5.41, 5.74) is 2.47. The number of halogens is 1. The minimum atomic E-state index is -0.143. The lowest BCUT2D eigenvalue weighted by molar-refractivity contribution is 0.141. The van der Waals surface area contributed by atoms with Crippen LogP contribution >= 0.6 is 11.6 Å². The van der Waals surface area contributed by atoms with Gasteiger partial charge in [0.05, 0.1) is 16.3 Å². The first-order chi connectivity index (χ1) is 11.6. The van der Waals surface area contributed by atoms with E-state index < -0.39 is 0 Å². The van der Waals surface area contributed by atoms with Crippen LogP contribution in [-0.4, -0.2) is 32.9 Å². The highest BCUT2D eigenvalue weighted by Gasteiger charge is 2.30. The largest absolute Gasteiger partial charge is 0.507 e. The second-order valence-corrected chi connectivity index (χ2v) is 7.18. The van der Waals surface area contributed by atoms with E-state index in [-0.39, 0.29) is 16.5 Å². The molecule has 0 radical (unpaired) electrons. The Hall–Kier alpha value is -1.72. The average molecular weight is 349 g/mol. The molecule has 5 nitrogen and oxygen atoms in total. The van der Waals surface area contributed by atoms with Gasteiger partial charge in [0.15, 0.2) is 5.76 Å². The first kappa shape index (κ1) is 15.8. The van der Waals surface area contributed by atoms with Crippen LogP contribution in [0.4, 0.5) is 0 Å². The predicted octanol–water partition coefficient (Wildman–Crippen LogP) is 4.10. The predicted molar refractivity (Wildman–Crippen MR) is 91.3 cm³/mol. The van der Waals surface area contributed by atoms with Crippen molar-refractivity contribution in [1.82, 2.24) is 10.1 Å². The zero-order valence-electron chi connectivity index (χ0n) is 13.5. The Morgan fingerprint density at radius 2 is 1.92 bits per heavy atom. The maximum absolute atomic E-state index is 10.2. The van der Waals surface area contributed by atoms with Crippen molar-refractivity contribution in [3.8, 4) is 22.8 Å². The standard InChI is InChI=1S/C18H21ClN2O3/c19-14-8-12(16(22)9-17(14)23)18-13-10-21(7-6-15(13)20-24-18)11-4-2-1-3-5-11/h8-9,11,22-23H,1-7,10H2. The number of hydrogen-bond donors (Lipinski definition) is 2. The van der Waals surface area contributed by atoms with E-state index in [0.717, 1.165) is 30.8 Å².